The molecule has 1 aromatic carbocycles. The number of benzene rings is 1. The third-order valence-corrected chi connectivity index (χ3v) is 7.93. The van der Waals surface area contributed by atoms with Crippen LogP contribution in [0.4, 0.5) is 0 Å². The zero-order valence-corrected chi connectivity index (χ0v) is 14.7. The number of aromatic nitrogens is 1. The zero-order chi connectivity index (χ0) is 19.7. The van der Waals surface area contributed by atoms with Crippen LogP contribution in [0, 0.1) is 0 Å². The molecule has 2 aromatic rings. The number of aliphatic carboxylic acids is 1. The molecule has 1 amide bonds. The molecule has 0 bridgehead atoms. The molecule has 0 spiro atoms. The normalized spacial score (nSPS) is 28.6. The Kier molecular flexibility index (Phi) is 3.35. The first kappa shape index (κ1) is 17.3. The van der Waals surface area contributed by atoms with Gasteiger partial charge in [0.2, 0.25) is 5.91 Å². The number of sulfone groups is 1. The van der Waals surface area contributed by atoms with E-state index in [0.717, 1.165) is 4.90 Å². The second kappa shape index (κ2) is 5.22. The summed E-state index contributed by atoms with van der Waals surface area (Å²) in [6.07, 6.45) is -0.266. The number of hydrogen-bond acceptors (Lipinski definition) is 8. The predicted molar refractivity (Wildman–Crippen MR) is 88.2 cm³/mol. The zero-order valence-electron chi connectivity index (χ0n) is 13.9. The first-order chi connectivity index (χ1) is 12.6. The molecule has 142 valence electrons. The molecule has 0 unspecified atom stereocenters. The molecule has 3 heterocycles. The van der Waals surface area contributed by atoms with Crippen molar-refractivity contribution in [3.63, 3.8) is 0 Å². The van der Waals surface area contributed by atoms with Gasteiger partial charge in [-0.2, -0.15) is 0 Å². The van der Waals surface area contributed by atoms with E-state index in [4.69, 9.17) is 4.52 Å². The molecule has 0 aliphatic carbocycles. The van der Waals surface area contributed by atoms with E-state index in [-0.39, 0.29) is 23.6 Å². The molecular formula is C16H14N2O8S. The van der Waals surface area contributed by atoms with Gasteiger partial charge >= 0.3 is 5.97 Å². The fourth-order valence-corrected chi connectivity index (χ4v) is 6.02. The Balaban J connectivity index is 1.84. The largest absolute Gasteiger partial charge is 0.504 e. The standard InChI is InChI=1S/C16H14N2O8S/c1-16(14(15(22)23)18-12(21)6-13(18)27(16,24)25)11-5-10(26-17-11)7-2-3-8(19)9(20)4-7/h2-5,13-14,19-20H,6H2,1H3,(H,22,23)/t13-,14+,16+/m1/s1. The lowest BCUT2D eigenvalue weighted by Crippen LogP contribution is -2.57. The number of fused-ring (bicyclic) bond motifs is 1. The Morgan fingerprint density at radius 1 is 1.30 bits per heavy atom. The highest BCUT2D eigenvalue weighted by Gasteiger charge is 2.71. The molecular weight excluding hydrogens is 380 g/mol. The lowest BCUT2D eigenvalue weighted by Gasteiger charge is -2.35. The molecule has 27 heavy (non-hydrogen) atoms. The van der Waals surface area contributed by atoms with Gasteiger partial charge in [0.25, 0.3) is 0 Å². The summed E-state index contributed by atoms with van der Waals surface area (Å²) in [6.45, 7) is 1.21. The number of phenols is 2. The predicted octanol–water partition coefficient (Wildman–Crippen LogP) is 0.408. The van der Waals surface area contributed by atoms with E-state index in [1.165, 1.54) is 31.2 Å². The molecule has 3 atom stereocenters. The molecule has 0 radical (unpaired) electrons. The van der Waals surface area contributed by atoms with Crippen molar-refractivity contribution in [3.8, 4) is 22.8 Å². The molecule has 4 rings (SSSR count). The summed E-state index contributed by atoms with van der Waals surface area (Å²) < 4.78 is 29.1. The summed E-state index contributed by atoms with van der Waals surface area (Å²) in [5.41, 5.74) is 0.147. The number of hydrogen-bond donors (Lipinski definition) is 3. The molecule has 11 heteroatoms. The summed E-state index contributed by atoms with van der Waals surface area (Å²) in [5, 5.41) is 31.1. The SMILES string of the molecule is C[C@]1(c2cc(-c3ccc(O)c(O)c3)on2)[C@H](C(=O)O)N2C(=O)C[C@H]2S1(=O)=O. The maximum absolute atomic E-state index is 13.0. The van der Waals surface area contributed by atoms with Crippen molar-refractivity contribution in [3.05, 3.63) is 30.0 Å². The Bertz CT molecular complexity index is 1090. The first-order valence-electron chi connectivity index (χ1n) is 7.86. The third-order valence-electron chi connectivity index (χ3n) is 5.21. The van der Waals surface area contributed by atoms with Crippen molar-refractivity contribution in [2.24, 2.45) is 0 Å². The van der Waals surface area contributed by atoms with E-state index in [1.807, 2.05) is 0 Å². The highest BCUT2D eigenvalue weighted by Crippen LogP contribution is 2.51. The van der Waals surface area contributed by atoms with Crippen LogP contribution in [0.25, 0.3) is 11.3 Å². The van der Waals surface area contributed by atoms with Gasteiger partial charge in [0.1, 0.15) is 15.8 Å². The number of aromatic hydroxyl groups is 2. The number of carboxylic acid groups (broad SMARTS) is 1. The van der Waals surface area contributed by atoms with Gasteiger partial charge in [0.05, 0.1) is 6.42 Å². The van der Waals surface area contributed by atoms with Crippen molar-refractivity contribution in [2.45, 2.75) is 29.5 Å². The van der Waals surface area contributed by atoms with Gasteiger partial charge < -0.3 is 24.7 Å². The Morgan fingerprint density at radius 3 is 2.59 bits per heavy atom. The topological polar surface area (TPSA) is 158 Å². The van der Waals surface area contributed by atoms with Crippen LogP contribution in [-0.4, -0.2) is 57.1 Å². The second-order valence-electron chi connectivity index (χ2n) is 6.63. The average Bonchev–Trinajstić information content (AvgIpc) is 3.13. The van der Waals surface area contributed by atoms with E-state index < -0.39 is 43.6 Å². The first-order valence-corrected chi connectivity index (χ1v) is 9.40. The molecule has 0 saturated carbocycles. The van der Waals surface area contributed by atoms with Crippen molar-refractivity contribution >= 4 is 21.7 Å². The Labute approximate surface area is 152 Å². The summed E-state index contributed by atoms with van der Waals surface area (Å²) in [7, 11) is -4.08. The van der Waals surface area contributed by atoms with Crippen LogP contribution in [0.3, 0.4) is 0 Å². The molecule has 3 N–H and O–H groups in total. The summed E-state index contributed by atoms with van der Waals surface area (Å²) in [6, 6.07) is 3.45. The van der Waals surface area contributed by atoms with Gasteiger partial charge in [0, 0.05) is 11.6 Å². The number of nitrogens with zero attached hydrogens (tertiary/aromatic N) is 2. The number of phenolic OH excluding ortho intramolecular Hbond substituents is 2. The molecule has 2 aliphatic heterocycles. The lowest BCUT2D eigenvalue weighted by atomic mass is 9.93. The smallest absolute Gasteiger partial charge is 0.328 e. The van der Waals surface area contributed by atoms with Crippen LogP contribution >= 0.6 is 0 Å². The minimum Gasteiger partial charge on any atom is -0.504 e. The van der Waals surface area contributed by atoms with E-state index in [0.29, 0.717) is 5.56 Å². The van der Waals surface area contributed by atoms with Crippen LogP contribution in [-0.2, 0) is 24.2 Å². The minimum atomic E-state index is -4.08. The van der Waals surface area contributed by atoms with Crippen molar-refractivity contribution in [1.29, 1.82) is 0 Å². The van der Waals surface area contributed by atoms with Gasteiger partial charge in [-0.3, -0.25) is 4.79 Å². The van der Waals surface area contributed by atoms with Gasteiger partial charge in [-0.15, -0.1) is 0 Å². The number of carboxylic acids is 1. The molecule has 2 aliphatic rings. The molecule has 10 nitrogen and oxygen atoms in total. The van der Waals surface area contributed by atoms with E-state index in [9.17, 15) is 33.3 Å². The number of rotatable bonds is 3. The van der Waals surface area contributed by atoms with Crippen molar-refractivity contribution in [2.75, 3.05) is 0 Å². The van der Waals surface area contributed by atoms with Crippen LogP contribution in [0.2, 0.25) is 0 Å². The highest BCUT2D eigenvalue weighted by molar-refractivity contribution is 7.93. The van der Waals surface area contributed by atoms with Crippen LogP contribution in [0.5, 0.6) is 11.5 Å². The number of carbonyl (C=O) groups is 2. The van der Waals surface area contributed by atoms with Crippen LogP contribution in [0.15, 0.2) is 28.8 Å². The molecule has 2 fully saturated rings. The third kappa shape index (κ3) is 2.05. The minimum absolute atomic E-state index is 0.0708. The quantitative estimate of drug-likeness (QED) is 0.495. The molecule has 1 aromatic heterocycles. The highest BCUT2D eigenvalue weighted by atomic mass is 32.2. The maximum atomic E-state index is 13.0. The maximum Gasteiger partial charge on any atom is 0.328 e. The van der Waals surface area contributed by atoms with Crippen LogP contribution < -0.4 is 0 Å². The van der Waals surface area contributed by atoms with Crippen molar-refractivity contribution in [1.82, 2.24) is 10.1 Å². The Morgan fingerprint density at radius 2 is 2.00 bits per heavy atom. The average molecular weight is 394 g/mol. The lowest BCUT2D eigenvalue weighted by molar-refractivity contribution is -0.157. The van der Waals surface area contributed by atoms with Gasteiger partial charge in [-0.05, 0) is 25.1 Å². The fourth-order valence-electron chi connectivity index (χ4n) is 3.64. The summed E-state index contributed by atoms with van der Waals surface area (Å²) in [5.74, 6) is -2.70. The van der Waals surface area contributed by atoms with E-state index in [1.54, 1.807) is 0 Å². The summed E-state index contributed by atoms with van der Waals surface area (Å²) >= 11 is 0. The van der Waals surface area contributed by atoms with Gasteiger partial charge in [-0.25, -0.2) is 13.2 Å². The van der Waals surface area contributed by atoms with Crippen LogP contribution in [0.1, 0.15) is 19.0 Å². The van der Waals surface area contributed by atoms with Crippen molar-refractivity contribution < 1.29 is 37.8 Å². The number of amides is 1. The summed E-state index contributed by atoms with van der Waals surface area (Å²) in [4.78, 5) is 24.5. The monoisotopic (exact) mass is 394 g/mol. The second-order valence-corrected chi connectivity index (χ2v) is 9.11. The van der Waals surface area contributed by atoms with Gasteiger partial charge in [-0.1, -0.05) is 5.16 Å². The van der Waals surface area contributed by atoms with E-state index >= 15 is 0 Å². The molecule has 2 saturated heterocycles. The fraction of sp³-hybridized carbons (Fsp3) is 0.312. The van der Waals surface area contributed by atoms with Gasteiger partial charge in [0.15, 0.2) is 33.1 Å². The number of β-lactam (4-membered cyclic amide) rings is 1. The Hall–Kier alpha value is -3.08. The number of carbonyl (C=O) groups excluding carboxylic acids is 1. The van der Waals surface area contributed by atoms with E-state index in [2.05, 4.69) is 5.16 Å².